The number of rotatable bonds is 3. The molecule has 0 radical (unpaired) electrons. The van der Waals surface area contributed by atoms with Gasteiger partial charge in [-0.2, -0.15) is 18.4 Å². The Labute approximate surface area is 184 Å². The van der Waals surface area contributed by atoms with Gasteiger partial charge in [-0.25, -0.2) is 9.37 Å². The summed E-state index contributed by atoms with van der Waals surface area (Å²) in [6.07, 6.45) is -2.41. The number of primary amides is 1. The fourth-order valence-corrected chi connectivity index (χ4v) is 4.70. The van der Waals surface area contributed by atoms with Gasteiger partial charge in [-0.05, 0) is 43.5 Å². The number of benzene rings is 1. The summed E-state index contributed by atoms with van der Waals surface area (Å²) in [5.41, 5.74) is 0.535. The second kappa shape index (κ2) is 7.37. The molecule has 12 heteroatoms. The molecule has 1 saturated heterocycles. The van der Waals surface area contributed by atoms with Crippen molar-refractivity contribution in [1.82, 2.24) is 4.98 Å². The minimum absolute atomic E-state index is 0.190. The van der Waals surface area contributed by atoms with Gasteiger partial charge < -0.3 is 10.6 Å². The molecule has 2 N–H and O–H groups in total. The second-order valence-electron chi connectivity index (χ2n) is 7.50. The van der Waals surface area contributed by atoms with E-state index in [2.05, 4.69) is 17.6 Å². The maximum absolute atomic E-state index is 14.4. The Bertz CT molecular complexity index is 1180. The van der Waals surface area contributed by atoms with Crippen LogP contribution in [0, 0.1) is 17.1 Å². The van der Waals surface area contributed by atoms with Gasteiger partial charge in [-0.1, -0.05) is 0 Å². The maximum atomic E-state index is 14.4. The van der Waals surface area contributed by atoms with Crippen molar-refractivity contribution in [3.05, 3.63) is 53.1 Å². The lowest BCUT2D eigenvalue weighted by molar-refractivity contribution is -0.138. The van der Waals surface area contributed by atoms with Crippen LogP contribution in [0.4, 0.5) is 28.9 Å². The van der Waals surface area contributed by atoms with Gasteiger partial charge in [-0.15, -0.1) is 12.6 Å². The molecule has 32 heavy (non-hydrogen) atoms. The number of aromatic nitrogens is 1. The molecule has 1 unspecified atom stereocenters. The highest BCUT2D eigenvalue weighted by molar-refractivity contribution is 7.81. The number of carbonyl (C=O) groups is 2. The molecule has 2 aliphatic rings. The summed E-state index contributed by atoms with van der Waals surface area (Å²) < 4.78 is 54.7. The zero-order valence-corrected chi connectivity index (χ0v) is 17.1. The molecule has 7 nitrogen and oxygen atoms in total. The Morgan fingerprint density at radius 2 is 1.97 bits per heavy atom. The number of pyridine rings is 1. The van der Waals surface area contributed by atoms with Gasteiger partial charge in [0.1, 0.15) is 17.4 Å². The SMILES string of the molecule is N#Cc1ncc(N2C(=O)C3(CCC3)N(c3ccc(C(N)=O)c(F)c3)C2S)cc1C(F)(F)F. The number of hydrogen-bond donors (Lipinski definition) is 2. The van der Waals surface area contributed by atoms with E-state index in [0.29, 0.717) is 25.3 Å². The number of amides is 2. The van der Waals surface area contributed by atoms with E-state index in [0.717, 1.165) is 17.2 Å². The van der Waals surface area contributed by atoms with E-state index in [1.165, 1.54) is 23.1 Å². The Kier molecular flexibility index (Phi) is 5.04. The molecule has 0 bridgehead atoms. The lowest BCUT2D eigenvalue weighted by Crippen LogP contribution is -2.55. The van der Waals surface area contributed by atoms with Gasteiger partial charge in [0, 0.05) is 5.69 Å². The van der Waals surface area contributed by atoms with Gasteiger partial charge in [0.05, 0.1) is 23.0 Å². The van der Waals surface area contributed by atoms with E-state index in [9.17, 15) is 27.2 Å². The van der Waals surface area contributed by atoms with Gasteiger partial charge in [0.2, 0.25) is 0 Å². The quantitative estimate of drug-likeness (QED) is 0.535. The van der Waals surface area contributed by atoms with Crippen molar-refractivity contribution in [3.63, 3.8) is 0 Å². The number of carbonyl (C=O) groups excluding carboxylic acids is 2. The van der Waals surface area contributed by atoms with Crippen LogP contribution in [-0.2, 0) is 11.0 Å². The monoisotopic (exact) mass is 465 g/mol. The smallest absolute Gasteiger partial charge is 0.366 e. The van der Waals surface area contributed by atoms with Gasteiger partial charge in [0.15, 0.2) is 11.2 Å². The molecule has 2 heterocycles. The molecule has 1 aromatic heterocycles. The average molecular weight is 465 g/mol. The van der Waals surface area contributed by atoms with E-state index >= 15 is 0 Å². The fourth-order valence-electron chi connectivity index (χ4n) is 4.11. The van der Waals surface area contributed by atoms with E-state index in [1.54, 1.807) is 0 Å². The number of thiol groups is 1. The first-order valence-corrected chi connectivity index (χ1v) is 9.90. The molecule has 1 aromatic carbocycles. The predicted molar refractivity (Wildman–Crippen MR) is 108 cm³/mol. The lowest BCUT2D eigenvalue weighted by Gasteiger charge is -2.44. The van der Waals surface area contributed by atoms with Crippen molar-refractivity contribution in [2.24, 2.45) is 5.73 Å². The normalized spacial score (nSPS) is 19.8. The largest absolute Gasteiger partial charge is 0.419 e. The van der Waals surface area contributed by atoms with Gasteiger partial charge in [0.25, 0.3) is 11.8 Å². The number of hydrogen-bond acceptors (Lipinski definition) is 6. The Hall–Kier alpha value is -3.33. The molecular weight excluding hydrogens is 450 g/mol. The Balaban J connectivity index is 1.81. The van der Waals surface area contributed by atoms with Crippen LogP contribution in [-0.4, -0.2) is 27.8 Å². The first-order valence-electron chi connectivity index (χ1n) is 9.39. The summed E-state index contributed by atoms with van der Waals surface area (Å²) in [6.45, 7) is 0. The molecule has 1 spiro atoms. The van der Waals surface area contributed by atoms with Crippen LogP contribution in [0.1, 0.15) is 40.9 Å². The highest BCUT2D eigenvalue weighted by atomic mass is 32.1. The minimum Gasteiger partial charge on any atom is -0.366 e. The van der Waals surface area contributed by atoms with Crippen molar-refractivity contribution in [3.8, 4) is 6.07 Å². The molecular formula is C20H15F4N5O2S. The third-order valence-electron chi connectivity index (χ3n) is 5.78. The Morgan fingerprint density at radius 1 is 1.28 bits per heavy atom. The van der Waals surface area contributed by atoms with Crippen LogP contribution in [0.15, 0.2) is 30.5 Å². The van der Waals surface area contributed by atoms with Crippen molar-refractivity contribution in [2.45, 2.75) is 36.5 Å². The molecule has 1 aliphatic heterocycles. The molecule has 166 valence electrons. The first kappa shape index (κ1) is 21.9. The topological polar surface area (TPSA) is 103 Å². The zero-order valence-electron chi connectivity index (χ0n) is 16.2. The van der Waals surface area contributed by atoms with E-state index in [-0.39, 0.29) is 16.9 Å². The van der Waals surface area contributed by atoms with Crippen molar-refractivity contribution in [2.75, 3.05) is 9.80 Å². The molecule has 2 fully saturated rings. The summed E-state index contributed by atoms with van der Waals surface area (Å²) in [5, 5.41) is 8.97. The van der Waals surface area contributed by atoms with Crippen LogP contribution in [0.5, 0.6) is 0 Å². The molecule has 1 saturated carbocycles. The van der Waals surface area contributed by atoms with Crippen molar-refractivity contribution in [1.29, 1.82) is 5.26 Å². The highest BCUT2D eigenvalue weighted by Gasteiger charge is 2.60. The van der Waals surface area contributed by atoms with Crippen molar-refractivity contribution >= 4 is 35.8 Å². The van der Waals surface area contributed by atoms with Crippen LogP contribution < -0.4 is 15.5 Å². The summed E-state index contributed by atoms with van der Waals surface area (Å²) in [6, 6.07) is 5.70. The fraction of sp³-hybridized carbons (Fsp3) is 0.300. The maximum Gasteiger partial charge on any atom is 0.419 e. The van der Waals surface area contributed by atoms with Crippen LogP contribution in [0.25, 0.3) is 0 Å². The first-order chi connectivity index (χ1) is 15.0. The Morgan fingerprint density at radius 3 is 2.47 bits per heavy atom. The summed E-state index contributed by atoms with van der Waals surface area (Å²) >= 11 is 4.46. The third kappa shape index (κ3) is 3.15. The number of alkyl halides is 3. The number of nitriles is 1. The molecule has 4 rings (SSSR count). The van der Waals surface area contributed by atoms with Gasteiger partial charge in [-0.3, -0.25) is 14.5 Å². The van der Waals surface area contributed by atoms with E-state index in [4.69, 9.17) is 11.0 Å². The molecule has 2 amide bonds. The average Bonchev–Trinajstić information content (AvgIpc) is 2.93. The summed E-state index contributed by atoms with van der Waals surface area (Å²) in [5.74, 6) is -2.37. The van der Waals surface area contributed by atoms with Crippen LogP contribution in [0.3, 0.4) is 0 Å². The third-order valence-corrected chi connectivity index (χ3v) is 6.24. The minimum atomic E-state index is -4.86. The summed E-state index contributed by atoms with van der Waals surface area (Å²) in [4.78, 5) is 30.8. The second-order valence-corrected chi connectivity index (χ2v) is 7.97. The molecule has 1 atom stereocenters. The zero-order chi connectivity index (χ0) is 23.4. The van der Waals surface area contributed by atoms with E-state index < -0.39 is 46.1 Å². The van der Waals surface area contributed by atoms with Gasteiger partial charge >= 0.3 is 6.18 Å². The molecule has 1 aliphatic carbocycles. The number of nitrogens with two attached hydrogens (primary N) is 1. The summed E-state index contributed by atoms with van der Waals surface area (Å²) in [7, 11) is 0. The van der Waals surface area contributed by atoms with Crippen LogP contribution >= 0.6 is 12.6 Å². The number of halogens is 4. The predicted octanol–water partition coefficient (Wildman–Crippen LogP) is 3.20. The molecule has 2 aromatic rings. The van der Waals surface area contributed by atoms with Crippen molar-refractivity contribution < 1.29 is 27.2 Å². The highest BCUT2D eigenvalue weighted by Crippen LogP contribution is 2.50. The number of anilines is 2. The number of nitrogens with zero attached hydrogens (tertiary/aromatic N) is 4. The standard InChI is InChI=1S/C20H15F4N5O2S/c21-14-7-10(2-3-12(14)16(26)30)29-18(32)28(17(31)19(29)4-1-5-19)11-6-13(20(22,23)24)15(8-25)27-9-11/h2-3,6-7,9,18,32H,1,4-5H2,(H2,26,30). The van der Waals surface area contributed by atoms with E-state index in [1.807, 2.05) is 0 Å². The van der Waals surface area contributed by atoms with Crippen LogP contribution in [0.2, 0.25) is 0 Å². The lowest BCUT2D eigenvalue weighted by atomic mass is 9.75.